The Morgan fingerprint density at radius 2 is 1.89 bits per heavy atom. The van der Waals surface area contributed by atoms with Gasteiger partial charge in [-0.2, -0.15) is 0 Å². The molecule has 1 fully saturated rings. The SMILES string of the molecule is COc1ccc(C(=O)Nc2nc(C)c([C@@H]3O[C@H](CO)[C@H](O)[C@H](O)[C@H]3O)s2)cc1. The Labute approximate surface area is 165 Å². The van der Waals surface area contributed by atoms with Crippen molar-refractivity contribution >= 4 is 22.4 Å². The van der Waals surface area contributed by atoms with Crippen molar-refractivity contribution < 1.29 is 34.7 Å². The lowest BCUT2D eigenvalue weighted by molar-refractivity contribution is -0.231. The minimum absolute atomic E-state index is 0.297. The maximum Gasteiger partial charge on any atom is 0.257 e. The first-order valence-electron chi connectivity index (χ1n) is 8.59. The summed E-state index contributed by atoms with van der Waals surface area (Å²) in [4.78, 5) is 17.2. The molecule has 1 aliphatic rings. The van der Waals surface area contributed by atoms with Gasteiger partial charge in [0.2, 0.25) is 0 Å². The number of aryl methyl sites for hydroxylation is 1. The molecule has 2 heterocycles. The Hall–Kier alpha value is -2.08. The monoisotopic (exact) mass is 410 g/mol. The van der Waals surface area contributed by atoms with E-state index in [4.69, 9.17) is 9.47 Å². The number of nitrogens with zero attached hydrogens (tertiary/aromatic N) is 1. The highest BCUT2D eigenvalue weighted by Gasteiger charge is 2.45. The largest absolute Gasteiger partial charge is 0.497 e. The third kappa shape index (κ3) is 4.02. The van der Waals surface area contributed by atoms with Gasteiger partial charge in [0.05, 0.1) is 24.3 Å². The molecule has 152 valence electrons. The number of nitrogens with one attached hydrogen (secondary N) is 1. The van der Waals surface area contributed by atoms with E-state index in [-0.39, 0.29) is 5.91 Å². The molecule has 1 saturated heterocycles. The number of aromatic nitrogens is 1. The van der Waals surface area contributed by atoms with Crippen LogP contribution in [0.25, 0.3) is 0 Å². The average molecular weight is 410 g/mol. The van der Waals surface area contributed by atoms with Gasteiger partial charge in [-0.05, 0) is 31.2 Å². The molecule has 1 amide bonds. The number of rotatable bonds is 5. The zero-order chi connectivity index (χ0) is 20.4. The number of thiazole rings is 1. The number of hydrogen-bond acceptors (Lipinski definition) is 9. The molecule has 2 aromatic rings. The number of amides is 1. The molecule has 9 nitrogen and oxygen atoms in total. The van der Waals surface area contributed by atoms with Crippen LogP contribution < -0.4 is 10.1 Å². The molecule has 5 N–H and O–H groups in total. The van der Waals surface area contributed by atoms with Crippen molar-refractivity contribution in [2.24, 2.45) is 0 Å². The van der Waals surface area contributed by atoms with E-state index < -0.39 is 37.1 Å². The van der Waals surface area contributed by atoms with Crippen LogP contribution in [0.4, 0.5) is 5.13 Å². The van der Waals surface area contributed by atoms with Crippen LogP contribution in [0.15, 0.2) is 24.3 Å². The van der Waals surface area contributed by atoms with Crippen LogP contribution >= 0.6 is 11.3 Å². The second kappa shape index (κ2) is 8.52. The summed E-state index contributed by atoms with van der Waals surface area (Å²) in [7, 11) is 1.54. The smallest absolute Gasteiger partial charge is 0.257 e. The lowest BCUT2D eigenvalue weighted by atomic mass is 9.94. The molecule has 0 saturated carbocycles. The Morgan fingerprint density at radius 1 is 1.21 bits per heavy atom. The topological polar surface area (TPSA) is 141 Å². The Morgan fingerprint density at radius 3 is 2.50 bits per heavy atom. The van der Waals surface area contributed by atoms with Gasteiger partial charge in [0.25, 0.3) is 5.91 Å². The predicted octanol–water partition coefficient (Wildman–Crippen LogP) is 0.227. The minimum Gasteiger partial charge on any atom is -0.497 e. The Kier molecular flexibility index (Phi) is 6.28. The lowest BCUT2D eigenvalue weighted by Crippen LogP contribution is -2.55. The minimum atomic E-state index is -1.48. The molecular weight excluding hydrogens is 388 g/mol. The molecule has 0 radical (unpaired) electrons. The molecule has 3 rings (SSSR count). The van der Waals surface area contributed by atoms with Crippen molar-refractivity contribution in [2.75, 3.05) is 19.0 Å². The van der Waals surface area contributed by atoms with Gasteiger partial charge in [-0.25, -0.2) is 4.98 Å². The highest BCUT2D eigenvalue weighted by molar-refractivity contribution is 7.16. The molecule has 1 aromatic heterocycles. The van der Waals surface area contributed by atoms with E-state index in [9.17, 15) is 25.2 Å². The summed E-state index contributed by atoms with van der Waals surface area (Å²) in [6, 6.07) is 6.57. The van der Waals surface area contributed by atoms with E-state index >= 15 is 0 Å². The molecule has 0 bridgehead atoms. The number of carbonyl (C=O) groups excluding carboxylic acids is 1. The van der Waals surface area contributed by atoms with E-state index in [0.29, 0.717) is 27.0 Å². The summed E-state index contributed by atoms with van der Waals surface area (Å²) in [5.74, 6) is 0.267. The molecule has 0 spiro atoms. The average Bonchev–Trinajstić information content (AvgIpc) is 3.06. The van der Waals surface area contributed by atoms with Crippen LogP contribution in [-0.2, 0) is 4.74 Å². The Bertz CT molecular complexity index is 824. The van der Waals surface area contributed by atoms with Crippen LogP contribution in [0, 0.1) is 6.92 Å². The zero-order valence-electron chi connectivity index (χ0n) is 15.3. The first kappa shape index (κ1) is 20.6. The predicted molar refractivity (Wildman–Crippen MR) is 101 cm³/mol. The fourth-order valence-electron chi connectivity index (χ4n) is 2.96. The first-order chi connectivity index (χ1) is 13.3. The quantitative estimate of drug-likeness (QED) is 0.472. The molecule has 10 heteroatoms. The summed E-state index contributed by atoms with van der Waals surface area (Å²) < 4.78 is 10.6. The van der Waals surface area contributed by atoms with Crippen molar-refractivity contribution in [3.05, 3.63) is 40.4 Å². The van der Waals surface area contributed by atoms with Crippen molar-refractivity contribution in [2.45, 2.75) is 37.4 Å². The van der Waals surface area contributed by atoms with E-state index in [1.807, 2.05) is 0 Å². The summed E-state index contributed by atoms with van der Waals surface area (Å²) in [5.41, 5.74) is 0.919. The molecule has 0 aliphatic carbocycles. The van der Waals surface area contributed by atoms with Gasteiger partial charge in [0, 0.05) is 5.56 Å². The van der Waals surface area contributed by atoms with Gasteiger partial charge in [-0.3, -0.25) is 10.1 Å². The van der Waals surface area contributed by atoms with Crippen LogP contribution in [0.2, 0.25) is 0 Å². The third-order valence-corrected chi connectivity index (χ3v) is 5.69. The third-order valence-electron chi connectivity index (χ3n) is 4.56. The number of methoxy groups -OCH3 is 1. The molecule has 0 unspecified atom stereocenters. The maximum atomic E-state index is 12.4. The number of carbonyl (C=O) groups is 1. The highest BCUT2D eigenvalue weighted by Crippen LogP contribution is 2.38. The zero-order valence-corrected chi connectivity index (χ0v) is 16.1. The van der Waals surface area contributed by atoms with E-state index in [1.54, 1.807) is 31.2 Å². The van der Waals surface area contributed by atoms with Crippen LogP contribution in [0.3, 0.4) is 0 Å². The van der Waals surface area contributed by atoms with Gasteiger partial charge < -0.3 is 29.9 Å². The molecule has 28 heavy (non-hydrogen) atoms. The summed E-state index contributed by atoms with van der Waals surface area (Å²) in [5, 5.41) is 42.5. The van der Waals surface area contributed by atoms with Gasteiger partial charge in [0.1, 0.15) is 36.3 Å². The maximum absolute atomic E-state index is 12.4. The summed E-state index contributed by atoms with van der Waals surface area (Å²) in [6.45, 7) is 1.16. The van der Waals surface area contributed by atoms with Crippen molar-refractivity contribution in [1.82, 2.24) is 4.98 Å². The van der Waals surface area contributed by atoms with Crippen molar-refractivity contribution in [1.29, 1.82) is 0 Å². The Balaban J connectivity index is 1.77. The standard InChI is InChI=1S/C18H22N2O7S/c1-8-16(15-14(24)13(23)12(22)11(7-21)27-15)28-18(19-8)20-17(25)9-3-5-10(26-2)6-4-9/h3-6,11-15,21-24H,7H2,1-2H3,(H,19,20,25)/t11-,12+,13+,14-,15-/m1/s1. The number of hydrogen-bond donors (Lipinski definition) is 5. The molecule has 1 aliphatic heterocycles. The normalized spacial score (nSPS) is 27.4. The van der Waals surface area contributed by atoms with Crippen molar-refractivity contribution in [3.8, 4) is 5.75 Å². The molecule has 1 aromatic carbocycles. The fourth-order valence-corrected chi connectivity index (χ4v) is 3.99. The van der Waals surface area contributed by atoms with E-state index in [1.165, 1.54) is 7.11 Å². The van der Waals surface area contributed by atoms with Gasteiger partial charge in [0.15, 0.2) is 5.13 Å². The lowest BCUT2D eigenvalue weighted by Gasteiger charge is -2.39. The van der Waals surface area contributed by atoms with E-state index in [2.05, 4.69) is 10.3 Å². The van der Waals surface area contributed by atoms with Gasteiger partial charge >= 0.3 is 0 Å². The van der Waals surface area contributed by atoms with Crippen LogP contribution in [0.5, 0.6) is 5.75 Å². The van der Waals surface area contributed by atoms with Gasteiger partial charge in [-0.15, -0.1) is 0 Å². The van der Waals surface area contributed by atoms with Crippen LogP contribution in [-0.4, -0.2) is 69.4 Å². The second-order valence-corrected chi connectivity index (χ2v) is 7.43. The fraction of sp³-hybridized carbons (Fsp3) is 0.444. The number of anilines is 1. The first-order valence-corrected chi connectivity index (χ1v) is 9.40. The number of benzene rings is 1. The second-order valence-electron chi connectivity index (χ2n) is 6.40. The van der Waals surface area contributed by atoms with E-state index in [0.717, 1.165) is 11.3 Å². The highest BCUT2D eigenvalue weighted by atomic mass is 32.1. The van der Waals surface area contributed by atoms with Crippen molar-refractivity contribution in [3.63, 3.8) is 0 Å². The summed E-state index contributed by atoms with van der Waals surface area (Å²) in [6.07, 6.45) is -6.31. The molecular formula is C18H22N2O7S. The molecule has 5 atom stereocenters. The number of ether oxygens (including phenoxy) is 2. The number of aliphatic hydroxyl groups excluding tert-OH is 4. The van der Waals surface area contributed by atoms with Crippen LogP contribution in [0.1, 0.15) is 27.0 Å². The summed E-state index contributed by atoms with van der Waals surface area (Å²) >= 11 is 1.09. The number of aliphatic hydroxyl groups is 4. The van der Waals surface area contributed by atoms with Gasteiger partial charge in [-0.1, -0.05) is 11.3 Å².